The Kier molecular flexibility index (Phi) is 7.08. The van der Waals surface area contributed by atoms with Crippen molar-refractivity contribution >= 4 is 11.9 Å². The first-order chi connectivity index (χ1) is 14.6. The molecule has 0 aromatic heterocycles. The minimum absolute atomic E-state index is 0.153. The van der Waals surface area contributed by atoms with Crippen molar-refractivity contribution in [3.8, 4) is 11.8 Å². The summed E-state index contributed by atoms with van der Waals surface area (Å²) in [6.07, 6.45) is 3.39. The third-order valence-electron chi connectivity index (χ3n) is 6.24. The summed E-state index contributed by atoms with van der Waals surface area (Å²) in [7, 11) is 0. The first-order valence-corrected chi connectivity index (χ1v) is 11.3. The summed E-state index contributed by atoms with van der Waals surface area (Å²) in [6, 6.07) is 7.77. The second kappa shape index (κ2) is 9.42. The van der Waals surface area contributed by atoms with E-state index in [1.807, 2.05) is 12.1 Å². The van der Waals surface area contributed by atoms with Crippen LogP contribution in [0.2, 0.25) is 0 Å². The highest BCUT2D eigenvalue weighted by Gasteiger charge is 2.51. The summed E-state index contributed by atoms with van der Waals surface area (Å²) in [4.78, 5) is 27.0. The zero-order valence-corrected chi connectivity index (χ0v) is 19.1. The first kappa shape index (κ1) is 23.3. The molecule has 1 unspecified atom stereocenters. The first-order valence-electron chi connectivity index (χ1n) is 11.3. The van der Waals surface area contributed by atoms with Crippen LogP contribution in [-0.2, 0) is 11.3 Å². The van der Waals surface area contributed by atoms with Crippen molar-refractivity contribution in [1.29, 1.82) is 0 Å². The Hall–Kier alpha value is -2.36. The van der Waals surface area contributed by atoms with Crippen molar-refractivity contribution in [2.75, 3.05) is 13.1 Å². The van der Waals surface area contributed by atoms with Gasteiger partial charge in [0.25, 0.3) is 5.91 Å². The number of piperidine rings is 1. The third-order valence-corrected chi connectivity index (χ3v) is 6.24. The van der Waals surface area contributed by atoms with E-state index in [9.17, 15) is 14.7 Å². The standard InChI is InChI=1S/C25H35N3O3/c1-18(2)9-14-25(22(29)26-23(30)27-25)21-11-15-28(16-12-21)17-20-7-5-19(6-8-20)10-13-24(3,4)31/h5-8,18,21,31H,9,11-12,14-17H2,1-4H3,(H2,26,27,29,30). The number of rotatable bonds is 6. The molecule has 6 heteroatoms. The van der Waals surface area contributed by atoms with Crippen LogP contribution in [0.4, 0.5) is 4.79 Å². The SMILES string of the molecule is CC(C)CCC1(C2CCN(Cc3ccc(C#CC(C)(C)O)cc3)CC2)NC(=O)NC1=O. The van der Waals surface area contributed by atoms with Crippen molar-refractivity contribution in [3.63, 3.8) is 0 Å². The van der Waals surface area contributed by atoms with Crippen LogP contribution in [0.1, 0.15) is 64.5 Å². The summed E-state index contributed by atoms with van der Waals surface area (Å²) in [5.74, 6) is 6.32. The van der Waals surface area contributed by atoms with E-state index in [1.165, 1.54) is 5.56 Å². The molecule has 0 saturated carbocycles. The molecule has 0 spiro atoms. The van der Waals surface area contributed by atoms with Gasteiger partial charge >= 0.3 is 6.03 Å². The van der Waals surface area contributed by atoms with Crippen molar-refractivity contribution in [2.45, 2.75) is 71.1 Å². The lowest BCUT2D eigenvalue weighted by molar-refractivity contribution is -0.127. The smallest absolute Gasteiger partial charge is 0.322 e. The molecule has 1 aromatic rings. The Morgan fingerprint density at radius 1 is 1.19 bits per heavy atom. The van der Waals surface area contributed by atoms with Crippen molar-refractivity contribution in [2.24, 2.45) is 11.8 Å². The van der Waals surface area contributed by atoms with Gasteiger partial charge in [-0.15, -0.1) is 0 Å². The summed E-state index contributed by atoms with van der Waals surface area (Å²) in [5, 5.41) is 15.2. The summed E-state index contributed by atoms with van der Waals surface area (Å²) in [6.45, 7) is 10.3. The second-order valence-corrected chi connectivity index (χ2v) is 9.87. The Balaban J connectivity index is 1.59. The molecular formula is C25H35N3O3. The van der Waals surface area contributed by atoms with Gasteiger partial charge < -0.3 is 10.4 Å². The highest BCUT2D eigenvalue weighted by atomic mass is 16.3. The van der Waals surface area contributed by atoms with Gasteiger partial charge in [-0.2, -0.15) is 0 Å². The number of carbonyl (C=O) groups is 2. The van der Waals surface area contributed by atoms with Crippen molar-refractivity contribution in [1.82, 2.24) is 15.5 Å². The number of nitrogens with zero attached hydrogens (tertiary/aromatic N) is 1. The number of imide groups is 1. The van der Waals surface area contributed by atoms with Gasteiger partial charge in [-0.25, -0.2) is 4.79 Å². The Morgan fingerprint density at radius 2 is 1.84 bits per heavy atom. The average Bonchev–Trinajstić information content (AvgIpc) is 3.00. The minimum atomic E-state index is -0.995. The normalized spacial score (nSPS) is 22.8. The minimum Gasteiger partial charge on any atom is -0.378 e. The van der Waals surface area contributed by atoms with Crippen molar-refractivity contribution in [3.05, 3.63) is 35.4 Å². The molecule has 0 radical (unpaired) electrons. The summed E-state index contributed by atoms with van der Waals surface area (Å²) < 4.78 is 0. The van der Waals surface area contributed by atoms with Crippen LogP contribution in [0.3, 0.4) is 0 Å². The zero-order valence-electron chi connectivity index (χ0n) is 19.1. The van der Waals surface area contributed by atoms with Gasteiger partial charge in [0.2, 0.25) is 0 Å². The fraction of sp³-hybridized carbons (Fsp3) is 0.600. The maximum absolute atomic E-state index is 12.7. The van der Waals surface area contributed by atoms with Gasteiger partial charge in [-0.05, 0) is 82.2 Å². The van der Waals surface area contributed by atoms with Gasteiger partial charge in [0, 0.05) is 12.1 Å². The van der Waals surface area contributed by atoms with Gasteiger partial charge in [0.1, 0.15) is 11.1 Å². The van der Waals surface area contributed by atoms with Crippen LogP contribution in [0, 0.1) is 23.7 Å². The van der Waals surface area contributed by atoms with Crippen LogP contribution < -0.4 is 10.6 Å². The lowest BCUT2D eigenvalue weighted by Crippen LogP contribution is -2.56. The molecule has 2 aliphatic rings. The summed E-state index contributed by atoms with van der Waals surface area (Å²) >= 11 is 0. The van der Waals surface area contributed by atoms with E-state index in [1.54, 1.807) is 13.8 Å². The predicted octanol–water partition coefficient (Wildman–Crippen LogP) is 3.04. The van der Waals surface area contributed by atoms with E-state index >= 15 is 0 Å². The van der Waals surface area contributed by atoms with E-state index in [4.69, 9.17) is 0 Å². The third kappa shape index (κ3) is 6.09. The van der Waals surface area contributed by atoms with E-state index in [0.29, 0.717) is 12.3 Å². The number of likely N-dealkylation sites (tertiary alicyclic amines) is 1. The van der Waals surface area contributed by atoms with E-state index in [2.05, 4.69) is 53.4 Å². The number of hydrogen-bond acceptors (Lipinski definition) is 4. The van der Waals surface area contributed by atoms with E-state index < -0.39 is 11.1 Å². The molecule has 3 rings (SSSR count). The zero-order chi connectivity index (χ0) is 22.6. The molecular weight excluding hydrogens is 390 g/mol. The highest BCUT2D eigenvalue weighted by Crippen LogP contribution is 2.35. The van der Waals surface area contributed by atoms with Crippen LogP contribution in [0.5, 0.6) is 0 Å². The van der Waals surface area contributed by atoms with Gasteiger partial charge in [-0.3, -0.25) is 15.0 Å². The molecule has 2 heterocycles. The molecule has 0 bridgehead atoms. The molecule has 168 valence electrons. The molecule has 2 aliphatic heterocycles. The van der Waals surface area contributed by atoms with Crippen LogP contribution in [-0.4, -0.2) is 46.2 Å². The fourth-order valence-corrected chi connectivity index (χ4v) is 4.45. The average molecular weight is 426 g/mol. The molecule has 1 aromatic carbocycles. The van der Waals surface area contributed by atoms with E-state index in [-0.39, 0.29) is 17.9 Å². The molecule has 31 heavy (non-hydrogen) atoms. The number of amides is 3. The van der Waals surface area contributed by atoms with Crippen LogP contribution in [0.15, 0.2) is 24.3 Å². The van der Waals surface area contributed by atoms with Crippen LogP contribution in [0.25, 0.3) is 0 Å². The number of hydrogen-bond donors (Lipinski definition) is 3. The largest absolute Gasteiger partial charge is 0.378 e. The lowest BCUT2D eigenvalue weighted by Gasteiger charge is -2.41. The predicted molar refractivity (Wildman–Crippen MR) is 121 cm³/mol. The lowest BCUT2D eigenvalue weighted by atomic mass is 9.74. The fourth-order valence-electron chi connectivity index (χ4n) is 4.45. The van der Waals surface area contributed by atoms with E-state index in [0.717, 1.165) is 44.5 Å². The molecule has 2 saturated heterocycles. The van der Waals surface area contributed by atoms with Gasteiger partial charge in [-0.1, -0.05) is 37.8 Å². The highest BCUT2D eigenvalue weighted by molar-refractivity contribution is 6.07. The Morgan fingerprint density at radius 3 is 2.35 bits per heavy atom. The number of aliphatic hydroxyl groups is 1. The number of carbonyl (C=O) groups excluding carboxylic acids is 2. The van der Waals surface area contributed by atoms with Gasteiger partial charge in [0.05, 0.1) is 0 Å². The number of nitrogens with one attached hydrogen (secondary N) is 2. The molecule has 3 amide bonds. The maximum atomic E-state index is 12.7. The Bertz CT molecular complexity index is 853. The molecule has 6 nitrogen and oxygen atoms in total. The quantitative estimate of drug-likeness (QED) is 0.483. The molecule has 2 fully saturated rings. The molecule has 1 atom stereocenters. The second-order valence-electron chi connectivity index (χ2n) is 9.87. The molecule has 3 N–H and O–H groups in total. The monoisotopic (exact) mass is 425 g/mol. The van der Waals surface area contributed by atoms with Gasteiger partial charge in [0.15, 0.2) is 0 Å². The van der Waals surface area contributed by atoms with Crippen molar-refractivity contribution < 1.29 is 14.7 Å². The Labute approximate surface area is 185 Å². The number of urea groups is 1. The molecule has 0 aliphatic carbocycles. The van der Waals surface area contributed by atoms with Crippen LogP contribution >= 0.6 is 0 Å². The maximum Gasteiger partial charge on any atom is 0.322 e. The topological polar surface area (TPSA) is 81.7 Å². The number of benzene rings is 1. The summed E-state index contributed by atoms with van der Waals surface area (Å²) in [5.41, 5.74) is 0.354.